The van der Waals surface area contributed by atoms with Gasteiger partial charge in [-0.2, -0.15) is 0 Å². The second kappa shape index (κ2) is 34.5. The number of para-hydroxylation sites is 24. The molecule has 1 N–H and O–H groups in total. The van der Waals surface area contributed by atoms with Crippen LogP contribution in [0, 0.1) is 0 Å². The minimum absolute atomic E-state index is 0.0306. The summed E-state index contributed by atoms with van der Waals surface area (Å²) in [6.07, 6.45) is -0.453. The number of rotatable bonds is 5. The van der Waals surface area contributed by atoms with Crippen LogP contribution in [0.4, 0.5) is 141 Å². The van der Waals surface area contributed by atoms with Gasteiger partial charge in [0.2, 0.25) is 29.4 Å². The van der Waals surface area contributed by atoms with E-state index < -0.39 is 23.7 Å². The highest BCUT2D eigenvalue weighted by Crippen LogP contribution is 2.54. The van der Waals surface area contributed by atoms with Crippen LogP contribution in [0.15, 0.2) is 291 Å². The van der Waals surface area contributed by atoms with Gasteiger partial charge in [0.15, 0.2) is 0 Å². The Balaban J connectivity index is 0.000000122. The Hall–Kier alpha value is -14.4. The molecule has 0 bridgehead atoms. The predicted octanol–water partition coefficient (Wildman–Crippen LogP) is 21.0. The number of ether oxygens (including phenoxy) is 2. The predicted molar refractivity (Wildman–Crippen MR) is 470 cm³/mol. The summed E-state index contributed by atoms with van der Waals surface area (Å²) in [5.74, 6) is -2.62. The average Bonchev–Trinajstić information content (AvgIpc) is 1.68. The third-order valence-electron chi connectivity index (χ3n) is 20.6. The topological polar surface area (TPSA) is 197 Å². The summed E-state index contributed by atoms with van der Waals surface area (Å²) in [5, 5.41) is 10.8. The van der Waals surface area contributed by atoms with E-state index in [9.17, 15) is 38.7 Å². The van der Waals surface area contributed by atoms with Gasteiger partial charge in [-0.1, -0.05) is 146 Å². The highest BCUT2D eigenvalue weighted by Gasteiger charge is 2.40. The number of hydrogen-bond acceptors (Lipinski definition) is 16. The van der Waals surface area contributed by atoms with Crippen molar-refractivity contribution >= 4 is 178 Å². The summed E-state index contributed by atoms with van der Waals surface area (Å²) in [6.45, 7) is 13.5. The van der Waals surface area contributed by atoms with Crippen LogP contribution in [-0.4, -0.2) is 101 Å². The fraction of sp³-hybridized carbons (Fsp3) is 0.168. The van der Waals surface area contributed by atoms with Gasteiger partial charge in [0.05, 0.1) is 143 Å². The lowest BCUT2D eigenvalue weighted by Gasteiger charge is -2.44. The molecule has 117 heavy (non-hydrogen) atoms. The SMILES string of the molecule is CC(=O)C(=O)N1c2ccccc2N(C)c2ccccc21.CC(=O)N1c2ccccc2N(C(C)=O)c2ccccc21.CC(=O)N1c2ccccc2N(C)c2ccccc21.CCOC(=O)N1c2ccccc2N(C(C)=O)c2ccccc21.CCOC(C)(O)N1c2ccccc2N(C)c2ccccc21.CN1c2ccccc2N(C)c2ccccc21. The summed E-state index contributed by atoms with van der Waals surface area (Å²) in [5.41, 5.74) is 21.7. The third-order valence-corrected chi connectivity index (χ3v) is 20.6. The molecule has 6 aliphatic rings. The molecule has 6 heterocycles. The van der Waals surface area contributed by atoms with Crippen LogP contribution >= 0.6 is 0 Å². The van der Waals surface area contributed by atoms with Crippen molar-refractivity contribution in [1.82, 2.24) is 0 Å². The number of amides is 6. The van der Waals surface area contributed by atoms with Crippen molar-refractivity contribution in [2.75, 3.05) is 107 Å². The van der Waals surface area contributed by atoms with Crippen molar-refractivity contribution in [2.24, 2.45) is 0 Å². The molecule has 0 aliphatic carbocycles. The molecule has 0 radical (unpaired) electrons. The summed E-state index contributed by atoms with van der Waals surface area (Å²) in [6, 6.07) is 93.4. The summed E-state index contributed by atoms with van der Waals surface area (Å²) in [4.78, 5) is 107. The molecule has 22 nitrogen and oxygen atoms in total. The van der Waals surface area contributed by atoms with E-state index in [1.165, 1.54) is 60.2 Å². The largest absolute Gasteiger partial charge is 0.449 e. The lowest BCUT2D eigenvalue weighted by Crippen LogP contribution is -2.48. The fourth-order valence-electron chi connectivity index (χ4n) is 15.5. The Morgan fingerprint density at radius 1 is 0.256 bits per heavy atom. The zero-order chi connectivity index (χ0) is 83.1. The number of nitrogens with zero attached hydrogens (tertiary/aromatic N) is 12. The van der Waals surface area contributed by atoms with E-state index in [0.29, 0.717) is 29.4 Å². The van der Waals surface area contributed by atoms with Crippen LogP contribution in [0.25, 0.3) is 0 Å². The highest BCUT2D eigenvalue weighted by atomic mass is 16.6. The van der Waals surface area contributed by atoms with E-state index >= 15 is 0 Å². The van der Waals surface area contributed by atoms with Crippen molar-refractivity contribution < 1.29 is 48.1 Å². The van der Waals surface area contributed by atoms with Gasteiger partial charge in [-0.05, 0) is 159 Å². The van der Waals surface area contributed by atoms with Gasteiger partial charge in [0.1, 0.15) is 0 Å². The highest BCUT2D eigenvalue weighted by molar-refractivity contribution is 6.43. The monoisotopic (exact) mass is 1560 g/mol. The van der Waals surface area contributed by atoms with E-state index in [1.807, 2.05) is 268 Å². The average molecular weight is 1560 g/mol. The zero-order valence-electron chi connectivity index (χ0n) is 67.6. The third kappa shape index (κ3) is 15.6. The molecule has 0 saturated carbocycles. The number of fused-ring (bicyclic) bond motifs is 12. The van der Waals surface area contributed by atoms with Crippen LogP contribution in [0.2, 0.25) is 0 Å². The zero-order valence-corrected chi connectivity index (χ0v) is 67.6. The number of carbonyl (C=O) groups excluding carboxylic acids is 7. The van der Waals surface area contributed by atoms with E-state index in [2.05, 4.69) is 82.2 Å². The number of ketones is 1. The van der Waals surface area contributed by atoms with Crippen LogP contribution < -0.4 is 58.8 Å². The Morgan fingerprint density at radius 2 is 0.419 bits per heavy atom. The Bertz CT molecular complexity index is 5380. The molecule has 0 saturated heterocycles. The van der Waals surface area contributed by atoms with Gasteiger partial charge >= 0.3 is 6.09 Å². The first-order chi connectivity index (χ1) is 56.4. The molecule has 22 heteroatoms. The van der Waals surface area contributed by atoms with Gasteiger partial charge in [0, 0.05) is 83.4 Å². The molecule has 1 unspecified atom stereocenters. The molecule has 0 aromatic heterocycles. The lowest BCUT2D eigenvalue weighted by molar-refractivity contribution is -0.180. The van der Waals surface area contributed by atoms with Crippen molar-refractivity contribution in [3.8, 4) is 0 Å². The van der Waals surface area contributed by atoms with Crippen molar-refractivity contribution in [2.45, 2.75) is 61.3 Å². The number of hydrogen-bond donors (Lipinski definition) is 1. The van der Waals surface area contributed by atoms with E-state index in [1.54, 1.807) is 52.5 Å². The Kier molecular flexibility index (Phi) is 23.8. The second-order valence-corrected chi connectivity index (χ2v) is 28.0. The smallest absolute Gasteiger partial charge is 0.419 e. The number of aliphatic hydroxyl groups is 1. The van der Waals surface area contributed by atoms with Crippen LogP contribution in [0.1, 0.15) is 55.4 Å². The van der Waals surface area contributed by atoms with E-state index in [0.717, 1.165) is 91.0 Å². The number of Topliss-reactive ketones (excluding diaryl/α,β-unsaturated/α-hetero) is 1. The molecular weight excluding hydrogens is 1470 g/mol. The Morgan fingerprint density at radius 3 is 0.607 bits per heavy atom. The minimum Gasteiger partial charge on any atom is -0.449 e. The van der Waals surface area contributed by atoms with Crippen molar-refractivity contribution in [1.29, 1.82) is 0 Å². The summed E-state index contributed by atoms with van der Waals surface area (Å²) in [7, 11) is 10.2. The maximum absolute atomic E-state index is 12.4. The fourth-order valence-corrected chi connectivity index (χ4v) is 15.5. The van der Waals surface area contributed by atoms with Gasteiger partial charge < -0.3 is 39.1 Å². The molecule has 6 aliphatic heterocycles. The molecule has 12 aromatic carbocycles. The number of carbonyl (C=O) groups is 7. The Labute approximate surface area is 682 Å². The number of benzene rings is 12. The first kappa shape index (κ1) is 80.7. The second-order valence-electron chi connectivity index (χ2n) is 28.0. The lowest BCUT2D eigenvalue weighted by atomic mass is 10.1. The van der Waals surface area contributed by atoms with Gasteiger partial charge in [-0.25, -0.2) is 9.69 Å². The standard InChI is InChI=1S/C17H16N2O3.C17H20N2O2.2C16H14N2O2.C15H14N2O.C14H14N2/c1-3-22-17(21)19-15-10-6-4-8-13(15)18(12(2)20)14-9-5-7-11-16(14)19;1-4-21-17(2,20)19-15-11-7-5-9-13(15)18(3)14-10-6-8-12-16(14)19;1-11(19)16(20)18-14-9-5-3-7-12(14)17(2)13-8-4-6-10-15(13)18;1-11(19)17-13-7-3-5-9-15(13)18(12(2)20)16-10-6-4-8-14(16)17;1-11(18)17-14-9-5-3-7-12(14)16(2)13-8-4-6-10-15(13)17;1-15-11-7-3-5-9-13(11)16(2)14-10-6-4-8-12(14)15/h4-11H,3H2,1-2H3;5-12,20H,4H2,1-3H3;2*3-10H,1-2H3;3-10H,1-2H3;3-10H,1-2H3. The van der Waals surface area contributed by atoms with Crippen LogP contribution in [0.5, 0.6) is 0 Å². The van der Waals surface area contributed by atoms with Crippen molar-refractivity contribution in [3.05, 3.63) is 291 Å². The first-order valence-electron chi connectivity index (χ1n) is 38.4. The summed E-state index contributed by atoms with van der Waals surface area (Å²) < 4.78 is 10.8. The van der Waals surface area contributed by atoms with Crippen LogP contribution in [-0.2, 0) is 38.2 Å². The molecule has 6 amide bonds. The van der Waals surface area contributed by atoms with Gasteiger partial charge in [-0.3, -0.25) is 58.2 Å². The molecular formula is C95H92N12O10. The number of anilines is 24. The van der Waals surface area contributed by atoms with Crippen molar-refractivity contribution in [3.63, 3.8) is 0 Å². The van der Waals surface area contributed by atoms with E-state index in [-0.39, 0.29) is 30.2 Å². The summed E-state index contributed by atoms with van der Waals surface area (Å²) >= 11 is 0. The van der Waals surface area contributed by atoms with Gasteiger partial charge in [-0.15, -0.1) is 0 Å². The molecule has 1 atom stereocenters. The maximum atomic E-state index is 12.4. The normalized spacial score (nSPS) is 13.4. The molecule has 18 rings (SSSR count). The molecule has 0 fully saturated rings. The molecule has 0 spiro atoms. The van der Waals surface area contributed by atoms with Crippen LogP contribution in [0.3, 0.4) is 0 Å². The maximum Gasteiger partial charge on any atom is 0.419 e. The molecule has 12 aromatic rings. The van der Waals surface area contributed by atoms with Gasteiger partial charge in [0.25, 0.3) is 11.8 Å². The quantitative estimate of drug-likeness (QED) is 0.126. The molecule has 592 valence electrons. The minimum atomic E-state index is -1.40. The first-order valence-corrected chi connectivity index (χ1v) is 38.4. The van der Waals surface area contributed by atoms with E-state index in [4.69, 9.17) is 9.47 Å².